The van der Waals surface area contributed by atoms with Gasteiger partial charge in [0, 0.05) is 27.5 Å². The van der Waals surface area contributed by atoms with Gasteiger partial charge < -0.3 is 14.8 Å². The van der Waals surface area contributed by atoms with E-state index >= 15 is 0 Å². The zero-order chi connectivity index (χ0) is 24.5. The van der Waals surface area contributed by atoms with Crippen LogP contribution >= 0.6 is 35.4 Å². The lowest BCUT2D eigenvalue weighted by Gasteiger charge is -2.13. The molecule has 174 valence electrons. The molecule has 14 heteroatoms. The van der Waals surface area contributed by atoms with E-state index in [9.17, 15) is 30.4 Å². The third kappa shape index (κ3) is 5.64. The normalized spacial score (nSPS) is 11.2. The Morgan fingerprint density at radius 1 is 0.788 bits per heavy atom. The minimum atomic E-state index is -5.44. The van der Waals surface area contributed by atoms with Gasteiger partial charge in [-0.25, -0.2) is 22.0 Å². The summed E-state index contributed by atoms with van der Waals surface area (Å²) in [6.45, 7) is 0. The maximum absolute atomic E-state index is 13.9. The fourth-order valence-electron chi connectivity index (χ4n) is 2.52. The van der Waals surface area contributed by atoms with Crippen molar-refractivity contribution in [2.75, 3.05) is 10.6 Å². The molecule has 0 fully saturated rings. The lowest BCUT2D eigenvalue weighted by molar-refractivity contribution is 0.352. The second-order valence-corrected chi connectivity index (χ2v) is 8.97. The third-order valence-corrected chi connectivity index (χ3v) is 5.75. The molecule has 0 aliphatic rings. The average molecular weight is 543 g/mol. The standard InChI is InChI=1S/C19H9Cl2F5N2O3S2/c20-8-4-9(21)6-11(5-8)28-19(32)27-10-2-1-3-12(7-10)31-33(29,30)18-16(25)14(23)13(22)15(24)17(18)26/h1-7H,(H2,27,28,32). The fraction of sp³-hybridized carbons (Fsp3) is 0. The molecule has 0 unspecified atom stereocenters. The zero-order valence-corrected chi connectivity index (χ0v) is 18.9. The van der Waals surface area contributed by atoms with E-state index in [4.69, 9.17) is 35.4 Å². The molecular formula is C19H9Cl2F5N2O3S2. The van der Waals surface area contributed by atoms with Crippen LogP contribution in [0.2, 0.25) is 10.0 Å². The highest BCUT2D eigenvalue weighted by atomic mass is 35.5. The van der Waals surface area contributed by atoms with Gasteiger partial charge in [-0.15, -0.1) is 0 Å². The highest BCUT2D eigenvalue weighted by Crippen LogP contribution is 2.30. The number of nitrogens with one attached hydrogen (secondary N) is 2. The molecule has 0 amide bonds. The summed E-state index contributed by atoms with van der Waals surface area (Å²) in [5.74, 6) is -13.0. The van der Waals surface area contributed by atoms with Gasteiger partial charge in [0.15, 0.2) is 33.3 Å². The summed E-state index contributed by atoms with van der Waals surface area (Å²) >= 11 is 16.9. The van der Waals surface area contributed by atoms with Crippen LogP contribution in [0.25, 0.3) is 0 Å². The summed E-state index contributed by atoms with van der Waals surface area (Å²) in [6, 6.07) is 9.39. The molecule has 0 aromatic heterocycles. The van der Waals surface area contributed by atoms with Gasteiger partial charge in [0.1, 0.15) is 5.75 Å². The fourth-order valence-corrected chi connectivity index (χ4v) is 4.34. The van der Waals surface area contributed by atoms with E-state index in [1.807, 2.05) is 0 Å². The molecule has 2 N–H and O–H groups in total. The molecule has 0 bridgehead atoms. The maximum atomic E-state index is 13.9. The SMILES string of the molecule is O=S(=O)(Oc1cccc(NC(=S)Nc2cc(Cl)cc(Cl)c2)c1)c1c(F)c(F)c(F)c(F)c1F. The van der Waals surface area contributed by atoms with Crippen LogP contribution in [0.3, 0.4) is 0 Å². The van der Waals surface area contributed by atoms with Crippen LogP contribution < -0.4 is 14.8 Å². The van der Waals surface area contributed by atoms with Gasteiger partial charge in [-0.3, -0.25) is 0 Å². The Hall–Kier alpha value is -2.67. The first-order chi connectivity index (χ1) is 15.4. The van der Waals surface area contributed by atoms with Gasteiger partial charge in [0.05, 0.1) is 0 Å². The van der Waals surface area contributed by atoms with E-state index in [1.165, 1.54) is 30.3 Å². The molecule has 0 saturated heterocycles. The van der Waals surface area contributed by atoms with E-state index in [0.29, 0.717) is 15.7 Å². The molecule has 3 aromatic rings. The Bertz CT molecular complexity index is 1320. The third-order valence-electron chi connectivity index (χ3n) is 3.84. The van der Waals surface area contributed by atoms with Crippen molar-refractivity contribution in [1.29, 1.82) is 0 Å². The molecule has 0 saturated carbocycles. The van der Waals surface area contributed by atoms with Crippen LogP contribution in [0, 0.1) is 29.1 Å². The number of benzene rings is 3. The van der Waals surface area contributed by atoms with Gasteiger partial charge >= 0.3 is 10.1 Å². The molecule has 0 spiro atoms. The number of hydrogen-bond acceptors (Lipinski definition) is 4. The predicted octanol–water partition coefficient (Wildman–Crippen LogP) is 6.27. The molecule has 0 aliphatic heterocycles. The number of rotatable bonds is 5. The molecule has 0 aliphatic carbocycles. The lowest BCUT2D eigenvalue weighted by atomic mass is 10.3. The molecule has 33 heavy (non-hydrogen) atoms. The Morgan fingerprint density at radius 3 is 1.88 bits per heavy atom. The smallest absolute Gasteiger partial charge is 0.345 e. The first-order valence-corrected chi connectivity index (χ1v) is 11.1. The lowest BCUT2D eigenvalue weighted by Crippen LogP contribution is -2.19. The van der Waals surface area contributed by atoms with Crippen LogP contribution in [-0.2, 0) is 10.1 Å². The Morgan fingerprint density at radius 2 is 1.30 bits per heavy atom. The number of halogens is 7. The van der Waals surface area contributed by atoms with Crippen LogP contribution in [0.1, 0.15) is 0 Å². The minimum absolute atomic E-state index is 0.0214. The van der Waals surface area contributed by atoms with Crippen molar-refractivity contribution in [2.24, 2.45) is 0 Å². The van der Waals surface area contributed by atoms with Crippen molar-refractivity contribution in [3.8, 4) is 5.75 Å². The Labute approximate surface area is 199 Å². The van der Waals surface area contributed by atoms with Gasteiger partial charge in [0.2, 0.25) is 5.82 Å². The summed E-state index contributed by atoms with van der Waals surface area (Å²) in [5, 5.41) is 6.15. The van der Waals surface area contributed by atoms with E-state index in [1.54, 1.807) is 0 Å². The molecule has 3 aromatic carbocycles. The van der Waals surface area contributed by atoms with Crippen LogP contribution in [0.5, 0.6) is 5.75 Å². The predicted molar refractivity (Wildman–Crippen MR) is 117 cm³/mol. The zero-order valence-electron chi connectivity index (χ0n) is 15.7. The second kappa shape index (κ2) is 9.67. The summed E-state index contributed by atoms with van der Waals surface area (Å²) in [7, 11) is -5.44. The van der Waals surface area contributed by atoms with Gasteiger partial charge in [0.25, 0.3) is 0 Å². The van der Waals surface area contributed by atoms with Gasteiger partial charge in [-0.2, -0.15) is 8.42 Å². The first-order valence-electron chi connectivity index (χ1n) is 8.49. The van der Waals surface area contributed by atoms with Crippen molar-refractivity contribution in [2.45, 2.75) is 4.90 Å². The molecule has 0 radical (unpaired) electrons. The second-order valence-electron chi connectivity index (χ2n) is 6.20. The van der Waals surface area contributed by atoms with E-state index < -0.39 is 49.8 Å². The van der Waals surface area contributed by atoms with E-state index in [-0.39, 0.29) is 10.8 Å². The van der Waals surface area contributed by atoms with Crippen molar-refractivity contribution < 1.29 is 34.6 Å². The molecule has 3 rings (SSSR count). The van der Waals surface area contributed by atoms with Crippen molar-refractivity contribution in [3.05, 3.63) is 81.6 Å². The summed E-state index contributed by atoms with van der Waals surface area (Å²) in [6.07, 6.45) is 0. The quantitative estimate of drug-likeness (QED) is 0.130. The van der Waals surface area contributed by atoms with Crippen LogP contribution in [0.15, 0.2) is 47.4 Å². The highest BCUT2D eigenvalue weighted by molar-refractivity contribution is 7.87. The monoisotopic (exact) mass is 542 g/mol. The minimum Gasteiger partial charge on any atom is -0.379 e. The molecular weight excluding hydrogens is 534 g/mol. The average Bonchev–Trinajstić information content (AvgIpc) is 2.69. The molecule has 0 atom stereocenters. The number of hydrogen-bond donors (Lipinski definition) is 2. The summed E-state index contributed by atoms with van der Waals surface area (Å²) in [4.78, 5) is -2.12. The van der Waals surface area contributed by atoms with E-state index in [0.717, 1.165) is 12.1 Å². The summed E-state index contributed by atoms with van der Waals surface area (Å²) < 4.78 is 96.8. The van der Waals surface area contributed by atoms with Crippen LogP contribution in [0.4, 0.5) is 33.3 Å². The Kier molecular flexibility index (Phi) is 7.32. The van der Waals surface area contributed by atoms with Crippen molar-refractivity contribution in [1.82, 2.24) is 0 Å². The molecule has 0 heterocycles. The highest BCUT2D eigenvalue weighted by Gasteiger charge is 2.35. The molecule has 5 nitrogen and oxygen atoms in total. The number of thiocarbonyl (C=S) groups is 1. The van der Waals surface area contributed by atoms with Gasteiger partial charge in [-0.1, -0.05) is 29.3 Å². The Balaban J connectivity index is 1.82. The number of anilines is 2. The largest absolute Gasteiger partial charge is 0.379 e. The van der Waals surface area contributed by atoms with Crippen molar-refractivity contribution in [3.63, 3.8) is 0 Å². The van der Waals surface area contributed by atoms with E-state index in [2.05, 4.69) is 14.8 Å². The topological polar surface area (TPSA) is 67.4 Å². The maximum Gasteiger partial charge on any atom is 0.345 e. The first kappa shape index (κ1) is 25.0. The van der Waals surface area contributed by atoms with Crippen LogP contribution in [-0.4, -0.2) is 13.5 Å². The summed E-state index contributed by atoms with van der Waals surface area (Å²) in [5.41, 5.74) is 0.594. The van der Waals surface area contributed by atoms with Gasteiger partial charge in [-0.05, 0) is 42.5 Å². The van der Waals surface area contributed by atoms with Crippen molar-refractivity contribution >= 4 is 62.0 Å².